The summed E-state index contributed by atoms with van der Waals surface area (Å²) in [4.78, 5) is 47.4. The number of phenols is 3. The molecule has 3 N–H and O–H groups in total. The number of likely N-dealkylation sites (tertiary alicyclic amines) is 2. The number of carbonyl (C=O) groups excluding carboxylic acids is 3. The number of morpholine rings is 1. The van der Waals surface area contributed by atoms with Gasteiger partial charge in [0.25, 0.3) is 0 Å². The molecule has 0 spiro atoms. The lowest BCUT2D eigenvalue weighted by atomic mass is 9.85. The number of aryl methyl sites for hydroxylation is 2. The van der Waals surface area contributed by atoms with Crippen LogP contribution in [0.25, 0.3) is 0 Å². The Morgan fingerprint density at radius 2 is 0.936 bits per heavy atom. The molecular formula is C76H94N4O14. The van der Waals surface area contributed by atoms with Crippen molar-refractivity contribution in [2.45, 2.75) is 96.3 Å². The fourth-order valence-corrected chi connectivity index (χ4v) is 12.9. The highest BCUT2D eigenvalue weighted by Gasteiger charge is 2.33. The van der Waals surface area contributed by atoms with Crippen LogP contribution in [0.5, 0.6) is 57.5 Å². The quantitative estimate of drug-likeness (QED) is 0.0690. The second kappa shape index (κ2) is 33.5. The number of benzene rings is 7. The van der Waals surface area contributed by atoms with E-state index in [4.69, 9.17) is 37.9 Å². The monoisotopic (exact) mass is 1290 g/mol. The summed E-state index contributed by atoms with van der Waals surface area (Å²) >= 11 is 0. The number of fused-ring (bicyclic) bond motifs is 1. The summed E-state index contributed by atoms with van der Waals surface area (Å²) in [5, 5.41) is 32.5. The van der Waals surface area contributed by atoms with Gasteiger partial charge in [0.2, 0.25) is 24.5 Å². The van der Waals surface area contributed by atoms with Crippen molar-refractivity contribution < 1.29 is 67.6 Å². The fraction of sp³-hybridized carbons (Fsp3) is 0.408. The van der Waals surface area contributed by atoms with E-state index in [1.54, 1.807) is 50.5 Å². The molecule has 7 aromatic carbocycles. The van der Waals surface area contributed by atoms with Crippen LogP contribution in [0, 0.1) is 13.8 Å². The average molecular weight is 1290 g/mol. The third-order valence-electron chi connectivity index (χ3n) is 18.0. The van der Waals surface area contributed by atoms with Crippen LogP contribution in [0.15, 0.2) is 133 Å². The number of amides is 3. The summed E-state index contributed by atoms with van der Waals surface area (Å²) in [6, 6.07) is 42.6. The van der Waals surface area contributed by atoms with Gasteiger partial charge in [0.1, 0.15) is 46.0 Å². The predicted octanol–water partition coefficient (Wildman–Crippen LogP) is 13.1. The first-order valence-corrected chi connectivity index (χ1v) is 32.0. The number of aromatic hydroxyl groups is 3. The van der Waals surface area contributed by atoms with E-state index in [1.807, 2.05) is 122 Å². The standard InChI is InChI=1S/C29H33NO4.C24H32N2O3.C22H25NO7.CH4/c1-20-9-11-23(12-10-20)25(29-26(31)17-24(33-2)18-27(29)34-3)19-28(32)30-15-13-22(14-16-30)21-7-5-4-6-8-21;1-17-14-21(27)24(22(15-17)29-4)20(16-23(28)26-12-6-5-7-13-26)18-8-10-19(11-9-18)25(2)3;1-26-15-10-17(24)22(20(11-15)27-2)16(12-21(25)23-5-7-28-8-6-23)14-3-4-18-19(9-14)30-13-29-18;/h4-12,17-18,22,25,31H,13-16,19H2,1-3H3;8-11,14-15,20,27H,5-7,12-13,16H2,1-4H3;3-4,9-11,16,24H,5-8,12-13H2,1-2H3;1H4. The summed E-state index contributed by atoms with van der Waals surface area (Å²) in [5.41, 5.74) is 9.11. The second-order valence-corrected chi connectivity index (χ2v) is 24.2. The van der Waals surface area contributed by atoms with Gasteiger partial charge in [0.05, 0.1) is 48.8 Å². The molecule has 0 saturated carbocycles. The van der Waals surface area contributed by atoms with Gasteiger partial charge >= 0.3 is 0 Å². The van der Waals surface area contributed by atoms with E-state index >= 15 is 0 Å². The first-order valence-electron chi connectivity index (χ1n) is 32.0. The number of rotatable bonds is 19. The molecule has 94 heavy (non-hydrogen) atoms. The van der Waals surface area contributed by atoms with E-state index in [0.29, 0.717) is 95.6 Å². The maximum atomic E-state index is 13.5. The number of piperidine rings is 2. The Balaban J connectivity index is 0.000000181. The van der Waals surface area contributed by atoms with Gasteiger partial charge in [-0.3, -0.25) is 14.4 Å². The van der Waals surface area contributed by atoms with E-state index in [0.717, 1.165) is 85.4 Å². The molecule has 18 heteroatoms. The van der Waals surface area contributed by atoms with Crippen LogP contribution in [0.4, 0.5) is 5.69 Å². The van der Waals surface area contributed by atoms with Crippen LogP contribution < -0.4 is 38.1 Å². The number of ether oxygens (including phenoxy) is 8. The topological polar surface area (TPSA) is 199 Å². The maximum absolute atomic E-state index is 13.5. The molecule has 0 aliphatic carbocycles. The molecule has 4 aliphatic heterocycles. The molecule has 0 bridgehead atoms. The van der Waals surface area contributed by atoms with E-state index < -0.39 is 5.92 Å². The van der Waals surface area contributed by atoms with Crippen LogP contribution >= 0.6 is 0 Å². The highest BCUT2D eigenvalue weighted by Crippen LogP contribution is 2.47. The van der Waals surface area contributed by atoms with Gasteiger partial charge in [-0.05, 0) is 116 Å². The van der Waals surface area contributed by atoms with Gasteiger partial charge in [-0.2, -0.15) is 0 Å². The van der Waals surface area contributed by atoms with Crippen molar-refractivity contribution in [1.82, 2.24) is 14.7 Å². The molecule has 0 radical (unpaired) electrons. The van der Waals surface area contributed by atoms with E-state index in [-0.39, 0.29) is 73.9 Å². The number of anilines is 1. The summed E-state index contributed by atoms with van der Waals surface area (Å²) in [7, 11) is 11.8. The molecule has 3 saturated heterocycles. The molecule has 3 fully saturated rings. The lowest BCUT2D eigenvalue weighted by Crippen LogP contribution is -2.41. The van der Waals surface area contributed by atoms with Gasteiger partial charge in [-0.25, -0.2) is 0 Å². The molecule has 3 amide bonds. The van der Waals surface area contributed by atoms with Crippen molar-refractivity contribution in [2.75, 3.05) is 114 Å². The number of hydrogen-bond acceptors (Lipinski definition) is 15. The smallest absolute Gasteiger partial charge is 0.231 e. The third-order valence-corrected chi connectivity index (χ3v) is 18.0. The van der Waals surface area contributed by atoms with Crippen molar-refractivity contribution >= 4 is 23.4 Å². The first-order chi connectivity index (χ1) is 45.0. The molecule has 7 aromatic rings. The lowest BCUT2D eigenvalue weighted by Gasteiger charge is -2.33. The first kappa shape index (κ1) is 70.6. The molecule has 18 nitrogen and oxygen atoms in total. The zero-order valence-corrected chi connectivity index (χ0v) is 55.2. The minimum atomic E-state index is -0.448. The van der Waals surface area contributed by atoms with Gasteiger partial charge in [0, 0.05) is 137 Å². The molecule has 3 atom stereocenters. The van der Waals surface area contributed by atoms with Crippen molar-refractivity contribution in [3.8, 4) is 57.5 Å². The van der Waals surface area contributed by atoms with Crippen LogP contribution in [-0.2, 0) is 19.1 Å². The van der Waals surface area contributed by atoms with Crippen LogP contribution in [0.3, 0.4) is 0 Å². The molecule has 0 aromatic heterocycles. The van der Waals surface area contributed by atoms with Crippen molar-refractivity contribution in [1.29, 1.82) is 0 Å². The van der Waals surface area contributed by atoms with Crippen LogP contribution in [0.2, 0.25) is 0 Å². The zero-order chi connectivity index (χ0) is 66.1. The molecule has 4 heterocycles. The third kappa shape index (κ3) is 17.5. The Kier molecular flexibility index (Phi) is 25.2. The SMILES string of the molecule is C.COc1cc(C)cc(O)c1C(CC(=O)N1CCCCC1)c1ccc(N(C)C)cc1.COc1cc(O)c(C(CC(=O)N2CCC(c3ccccc3)CC2)c2ccc(C)cc2)c(OC)c1.COc1cc(O)c(C(CC(=O)N2CCOCC2)c2ccc3c(c2)OCO3)c(OC)c1. The van der Waals surface area contributed by atoms with Crippen LogP contribution in [-0.4, -0.2) is 157 Å². The maximum Gasteiger partial charge on any atom is 0.231 e. The van der Waals surface area contributed by atoms with Gasteiger partial charge < -0.3 is 72.8 Å². The Morgan fingerprint density at radius 3 is 1.44 bits per heavy atom. The Labute approximate surface area is 554 Å². The summed E-state index contributed by atoms with van der Waals surface area (Å²) < 4.78 is 43.6. The normalized spacial score (nSPS) is 15.3. The fourth-order valence-electron chi connectivity index (χ4n) is 12.9. The number of phenolic OH excluding ortho intramolecular Hbond substituents is 3. The number of nitrogens with zero attached hydrogens (tertiary/aromatic N) is 4. The summed E-state index contributed by atoms with van der Waals surface area (Å²) in [5.74, 6) is 3.73. The van der Waals surface area contributed by atoms with Crippen molar-refractivity contribution in [3.63, 3.8) is 0 Å². The second-order valence-electron chi connectivity index (χ2n) is 24.2. The molecule has 502 valence electrons. The summed E-state index contributed by atoms with van der Waals surface area (Å²) in [6.45, 7) is 9.40. The van der Waals surface area contributed by atoms with Gasteiger partial charge in [-0.15, -0.1) is 0 Å². The summed E-state index contributed by atoms with van der Waals surface area (Å²) in [6.07, 6.45) is 5.97. The van der Waals surface area contributed by atoms with E-state index in [9.17, 15) is 29.7 Å². The van der Waals surface area contributed by atoms with Crippen molar-refractivity contribution in [2.24, 2.45) is 0 Å². The highest BCUT2D eigenvalue weighted by molar-refractivity contribution is 5.80. The van der Waals surface area contributed by atoms with Gasteiger partial charge in [-0.1, -0.05) is 85.8 Å². The number of carbonyl (C=O) groups is 3. The molecule has 3 unspecified atom stereocenters. The predicted molar refractivity (Wildman–Crippen MR) is 365 cm³/mol. The zero-order valence-electron chi connectivity index (χ0n) is 55.2. The Bertz CT molecular complexity index is 3620. The van der Waals surface area contributed by atoms with Crippen LogP contribution in [0.1, 0.15) is 133 Å². The minimum absolute atomic E-state index is 0. The molecule has 4 aliphatic rings. The Hall–Kier alpha value is -9.29. The van der Waals surface area contributed by atoms with E-state index in [2.05, 4.69) is 24.3 Å². The minimum Gasteiger partial charge on any atom is -0.507 e. The number of hydrogen-bond donors (Lipinski definition) is 3. The lowest BCUT2D eigenvalue weighted by molar-refractivity contribution is -0.135. The average Bonchev–Trinajstić information content (AvgIpc) is 1.04. The van der Waals surface area contributed by atoms with E-state index in [1.165, 1.54) is 32.3 Å². The number of methoxy groups -OCH3 is 5. The largest absolute Gasteiger partial charge is 0.507 e. The van der Waals surface area contributed by atoms with Gasteiger partial charge in [0.15, 0.2) is 11.5 Å². The molecule has 11 rings (SSSR count). The van der Waals surface area contributed by atoms with Crippen molar-refractivity contribution in [3.05, 3.63) is 184 Å². The Morgan fingerprint density at radius 1 is 0.489 bits per heavy atom. The highest BCUT2D eigenvalue weighted by atomic mass is 16.7. The molecular weight excluding hydrogens is 1190 g/mol.